The zero-order valence-electron chi connectivity index (χ0n) is 13.7. The molecule has 5 nitrogen and oxygen atoms in total. The number of para-hydroxylation sites is 1. The lowest BCUT2D eigenvalue weighted by molar-refractivity contribution is -0.142. The van der Waals surface area contributed by atoms with Crippen LogP contribution in [0.25, 0.3) is 0 Å². The lowest BCUT2D eigenvalue weighted by atomic mass is 9.88. The summed E-state index contributed by atoms with van der Waals surface area (Å²) in [4.78, 5) is 26.5. The maximum atomic E-state index is 12.7. The van der Waals surface area contributed by atoms with Gasteiger partial charge in [0.1, 0.15) is 0 Å². The molecule has 0 aliphatic carbocycles. The molecule has 1 aliphatic rings. The van der Waals surface area contributed by atoms with E-state index in [4.69, 9.17) is 23.2 Å². The largest absolute Gasteiger partial charge is 0.333 e. The van der Waals surface area contributed by atoms with Crippen LogP contribution in [-0.4, -0.2) is 42.9 Å². The van der Waals surface area contributed by atoms with Crippen molar-refractivity contribution in [1.82, 2.24) is 10.2 Å². The monoisotopic (exact) mass is 393 g/mol. The van der Waals surface area contributed by atoms with Crippen LogP contribution in [0, 0.1) is 5.41 Å². The number of likely N-dealkylation sites (N-methyl/N-ethyl adjacent to an activating group) is 1. The second-order valence-electron chi connectivity index (χ2n) is 5.95. The summed E-state index contributed by atoms with van der Waals surface area (Å²) >= 11 is 12.1. The van der Waals surface area contributed by atoms with Crippen molar-refractivity contribution in [2.45, 2.75) is 20.3 Å². The predicted octanol–water partition coefficient (Wildman–Crippen LogP) is 3.20. The average Bonchev–Trinajstić information content (AvgIpc) is 2.96. The molecule has 1 aromatic carbocycles. The second kappa shape index (κ2) is 8.90. The Labute approximate surface area is 158 Å². The number of nitrogens with one attached hydrogen (secondary N) is 2. The minimum absolute atomic E-state index is 0. The Bertz CT molecular complexity index is 584. The van der Waals surface area contributed by atoms with Gasteiger partial charge in [0.05, 0.1) is 27.7 Å². The van der Waals surface area contributed by atoms with Crippen molar-refractivity contribution in [2.24, 2.45) is 5.41 Å². The average molecular weight is 395 g/mol. The highest BCUT2D eigenvalue weighted by Gasteiger charge is 2.39. The van der Waals surface area contributed by atoms with Gasteiger partial charge < -0.3 is 15.5 Å². The van der Waals surface area contributed by atoms with Crippen LogP contribution in [0.1, 0.15) is 20.3 Å². The zero-order valence-corrected chi connectivity index (χ0v) is 16.0. The molecule has 1 aliphatic heterocycles. The van der Waals surface area contributed by atoms with Crippen molar-refractivity contribution in [3.8, 4) is 0 Å². The number of nitrogens with zero attached hydrogens (tertiary/aromatic N) is 1. The Morgan fingerprint density at radius 1 is 1.33 bits per heavy atom. The maximum Gasteiger partial charge on any atom is 0.244 e. The smallest absolute Gasteiger partial charge is 0.244 e. The summed E-state index contributed by atoms with van der Waals surface area (Å²) in [5.74, 6) is -0.324. The van der Waals surface area contributed by atoms with Crippen LogP contribution in [0.5, 0.6) is 0 Å². The van der Waals surface area contributed by atoms with Crippen LogP contribution in [0.15, 0.2) is 18.2 Å². The van der Waals surface area contributed by atoms with Gasteiger partial charge in [-0.15, -0.1) is 12.4 Å². The van der Waals surface area contributed by atoms with E-state index in [1.54, 1.807) is 23.1 Å². The van der Waals surface area contributed by atoms with Gasteiger partial charge in [-0.3, -0.25) is 9.59 Å². The van der Waals surface area contributed by atoms with Gasteiger partial charge in [-0.1, -0.05) is 29.3 Å². The van der Waals surface area contributed by atoms with E-state index in [1.165, 1.54) is 0 Å². The molecule has 1 aromatic rings. The molecular formula is C16H22Cl3N3O2. The van der Waals surface area contributed by atoms with Gasteiger partial charge in [0.2, 0.25) is 11.8 Å². The molecule has 2 amide bonds. The molecule has 1 heterocycles. The molecule has 1 unspecified atom stereocenters. The van der Waals surface area contributed by atoms with E-state index in [0.717, 1.165) is 13.0 Å². The normalized spacial score (nSPS) is 19.5. The Morgan fingerprint density at radius 2 is 1.96 bits per heavy atom. The zero-order chi connectivity index (χ0) is 17.0. The van der Waals surface area contributed by atoms with Gasteiger partial charge in [0.15, 0.2) is 0 Å². The molecule has 24 heavy (non-hydrogen) atoms. The number of rotatable bonds is 5. The second-order valence-corrected chi connectivity index (χ2v) is 6.77. The van der Waals surface area contributed by atoms with Crippen molar-refractivity contribution < 1.29 is 9.59 Å². The Hall–Kier alpha value is -1.01. The SMILES string of the molecule is CCN(CC(=O)Nc1c(Cl)cccc1Cl)C(=O)C1(C)CCNC1.Cl. The highest BCUT2D eigenvalue weighted by molar-refractivity contribution is 6.39. The fourth-order valence-electron chi connectivity index (χ4n) is 2.68. The minimum atomic E-state index is -0.446. The summed E-state index contributed by atoms with van der Waals surface area (Å²) in [6, 6.07) is 5.00. The fraction of sp³-hybridized carbons (Fsp3) is 0.500. The van der Waals surface area contributed by atoms with Gasteiger partial charge in [0.25, 0.3) is 0 Å². The molecule has 0 aromatic heterocycles. The molecule has 134 valence electrons. The van der Waals surface area contributed by atoms with Gasteiger partial charge in [0, 0.05) is 13.1 Å². The summed E-state index contributed by atoms with van der Waals surface area (Å²) in [7, 11) is 0. The van der Waals surface area contributed by atoms with Crippen LogP contribution in [0.4, 0.5) is 5.69 Å². The molecule has 0 bridgehead atoms. The number of anilines is 1. The van der Waals surface area contributed by atoms with Gasteiger partial charge >= 0.3 is 0 Å². The van der Waals surface area contributed by atoms with Gasteiger partial charge in [-0.2, -0.15) is 0 Å². The van der Waals surface area contributed by atoms with E-state index < -0.39 is 5.41 Å². The number of hydrogen-bond acceptors (Lipinski definition) is 3. The van der Waals surface area contributed by atoms with E-state index in [2.05, 4.69) is 10.6 Å². The first-order valence-electron chi connectivity index (χ1n) is 7.61. The third-order valence-corrected chi connectivity index (χ3v) is 4.75. The number of benzene rings is 1. The molecule has 1 atom stereocenters. The van der Waals surface area contributed by atoms with E-state index in [0.29, 0.717) is 28.8 Å². The summed E-state index contributed by atoms with van der Waals surface area (Å²) in [5.41, 5.74) is -0.0729. The predicted molar refractivity (Wildman–Crippen MR) is 100 cm³/mol. The van der Waals surface area contributed by atoms with E-state index in [-0.39, 0.29) is 30.8 Å². The summed E-state index contributed by atoms with van der Waals surface area (Å²) < 4.78 is 0. The topological polar surface area (TPSA) is 61.4 Å². The molecule has 8 heteroatoms. The van der Waals surface area contributed by atoms with Crippen LogP contribution >= 0.6 is 35.6 Å². The number of amides is 2. The van der Waals surface area contributed by atoms with Crippen LogP contribution in [0.2, 0.25) is 10.0 Å². The summed E-state index contributed by atoms with van der Waals surface area (Å²) in [5, 5.41) is 6.62. The summed E-state index contributed by atoms with van der Waals surface area (Å²) in [6.07, 6.45) is 0.778. The Morgan fingerprint density at radius 3 is 2.46 bits per heavy atom. The number of halogens is 3. The van der Waals surface area contributed by atoms with Gasteiger partial charge in [-0.25, -0.2) is 0 Å². The molecule has 2 N–H and O–H groups in total. The quantitative estimate of drug-likeness (QED) is 0.806. The van der Waals surface area contributed by atoms with Gasteiger partial charge in [-0.05, 0) is 38.9 Å². The van der Waals surface area contributed by atoms with E-state index in [9.17, 15) is 9.59 Å². The first-order valence-corrected chi connectivity index (χ1v) is 8.37. The fourth-order valence-corrected chi connectivity index (χ4v) is 3.17. The van der Waals surface area contributed by atoms with Crippen molar-refractivity contribution in [3.05, 3.63) is 28.2 Å². The number of hydrogen-bond donors (Lipinski definition) is 2. The highest BCUT2D eigenvalue weighted by Crippen LogP contribution is 2.30. The molecule has 1 fully saturated rings. The van der Waals surface area contributed by atoms with Crippen molar-refractivity contribution in [1.29, 1.82) is 0 Å². The lowest BCUT2D eigenvalue weighted by Gasteiger charge is -2.30. The van der Waals surface area contributed by atoms with E-state index in [1.807, 2.05) is 13.8 Å². The van der Waals surface area contributed by atoms with Crippen molar-refractivity contribution in [3.63, 3.8) is 0 Å². The van der Waals surface area contributed by atoms with Crippen molar-refractivity contribution >= 4 is 53.1 Å². The highest BCUT2D eigenvalue weighted by atomic mass is 35.5. The number of carbonyl (C=O) groups excluding carboxylic acids is 2. The third kappa shape index (κ3) is 4.76. The first kappa shape index (κ1) is 21.0. The van der Waals surface area contributed by atoms with Crippen LogP contribution < -0.4 is 10.6 Å². The summed E-state index contributed by atoms with van der Waals surface area (Å²) in [6.45, 7) is 5.70. The molecule has 0 saturated carbocycles. The lowest BCUT2D eigenvalue weighted by Crippen LogP contribution is -2.46. The molecule has 0 spiro atoms. The van der Waals surface area contributed by atoms with Crippen LogP contribution in [-0.2, 0) is 9.59 Å². The standard InChI is InChI=1S/C16H21Cl2N3O2.ClH/c1-3-21(15(23)16(2)7-8-19-10-16)9-13(22)20-14-11(17)5-4-6-12(14)18;/h4-6,19H,3,7-10H2,1-2H3,(H,20,22);1H. The van der Waals surface area contributed by atoms with Crippen LogP contribution in [0.3, 0.4) is 0 Å². The third-order valence-electron chi connectivity index (χ3n) is 4.12. The van der Waals surface area contributed by atoms with E-state index >= 15 is 0 Å². The first-order chi connectivity index (χ1) is 10.9. The maximum absolute atomic E-state index is 12.7. The molecule has 2 rings (SSSR count). The van der Waals surface area contributed by atoms with Crippen molar-refractivity contribution in [2.75, 3.05) is 31.5 Å². The molecular weight excluding hydrogens is 373 g/mol. The Balaban J connectivity index is 0.00000288. The molecule has 1 saturated heterocycles. The number of carbonyl (C=O) groups is 2. The minimum Gasteiger partial charge on any atom is -0.333 e. The molecule has 0 radical (unpaired) electrons. The Kier molecular flexibility index (Phi) is 7.80.